The Morgan fingerprint density at radius 1 is 1.05 bits per heavy atom. The Kier molecular flexibility index (Phi) is 9.00. The molecular weight excluding hydrogens is 566 g/mol. The van der Waals surface area contributed by atoms with Crippen molar-refractivity contribution in [2.75, 3.05) is 29.9 Å². The number of carbonyl (C=O) groups is 1. The Hall–Kier alpha value is -2.53. The van der Waals surface area contributed by atoms with E-state index in [4.69, 9.17) is 4.74 Å². The van der Waals surface area contributed by atoms with E-state index in [1.165, 1.54) is 36.4 Å². The molecule has 0 unspecified atom stereocenters. The van der Waals surface area contributed by atoms with Crippen LogP contribution in [0.5, 0.6) is 0 Å². The molecule has 0 bridgehead atoms. The lowest BCUT2D eigenvalue weighted by Gasteiger charge is -2.42. The summed E-state index contributed by atoms with van der Waals surface area (Å²) in [6.07, 6.45) is -8.56. The van der Waals surface area contributed by atoms with Crippen molar-refractivity contribution in [2.24, 2.45) is 0 Å². The van der Waals surface area contributed by atoms with Crippen LogP contribution >= 0.6 is 15.9 Å². The molecule has 4 nitrogen and oxygen atoms in total. The highest BCUT2D eigenvalue weighted by molar-refractivity contribution is 9.09. The van der Waals surface area contributed by atoms with Gasteiger partial charge >= 0.3 is 12.4 Å². The second-order valence-corrected chi connectivity index (χ2v) is 9.30. The number of amides is 1. The topological polar surface area (TPSA) is 32.8 Å². The summed E-state index contributed by atoms with van der Waals surface area (Å²) in [7, 11) is 0. The number of nitrogens with zero attached hydrogens (tertiary/aromatic N) is 2. The lowest BCUT2D eigenvalue weighted by atomic mass is 9.89. The maximum absolute atomic E-state index is 14.3. The van der Waals surface area contributed by atoms with Gasteiger partial charge in [0.1, 0.15) is 0 Å². The number of halogens is 7. The SMILES string of the molecule is CC=Cc1cc(C(OCc2ccccc2)(C(F)(F)F)C(F)(F)F)ccc1N1CCN(C(=O)CBr)C[C@@H]1C. The summed E-state index contributed by atoms with van der Waals surface area (Å²) < 4.78 is 90.8. The van der Waals surface area contributed by atoms with E-state index in [2.05, 4.69) is 15.9 Å². The molecule has 1 aliphatic rings. The molecule has 1 amide bonds. The number of alkyl halides is 7. The van der Waals surface area contributed by atoms with E-state index in [-0.39, 0.29) is 28.4 Å². The van der Waals surface area contributed by atoms with Gasteiger partial charge in [-0.3, -0.25) is 4.79 Å². The first-order chi connectivity index (χ1) is 17.4. The molecule has 37 heavy (non-hydrogen) atoms. The van der Waals surface area contributed by atoms with Crippen molar-refractivity contribution in [2.45, 2.75) is 44.4 Å². The third kappa shape index (κ3) is 5.98. The van der Waals surface area contributed by atoms with Crippen molar-refractivity contribution >= 4 is 33.6 Å². The molecule has 0 aliphatic carbocycles. The van der Waals surface area contributed by atoms with Gasteiger partial charge in [0.05, 0.1) is 11.9 Å². The van der Waals surface area contributed by atoms with Crippen LogP contribution in [0.15, 0.2) is 54.6 Å². The van der Waals surface area contributed by atoms with E-state index in [1.807, 2.05) is 11.8 Å². The fraction of sp³-hybridized carbons (Fsp3) is 0.423. The average Bonchev–Trinajstić information content (AvgIpc) is 2.83. The monoisotopic (exact) mass is 592 g/mol. The van der Waals surface area contributed by atoms with Crippen LogP contribution in [0.25, 0.3) is 6.08 Å². The van der Waals surface area contributed by atoms with Crippen LogP contribution in [0, 0.1) is 0 Å². The molecule has 0 radical (unpaired) electrons. The molecular formula is C26H27BrF6N2O2. The van der Waals surface area contributed by atoms with Gasteiger partial charge in [-0.2, -0.15) is 26.3 Å². The molecule has 2 aromatic rings. The zero-order valence-corrected chi connectivity index (χ0v) is 21.8. The number of piperazine rings is 1. The second kappa shape index (κ2) is 11.5. The zero-order valence-electron chi connectivity index (χ0n) is 20.2. The molecule has 1 saturated heterocycles. The van der Waals surface area contributed by atoms with Gasteiger partial charge in [-0.15, -0.1) is 0 Å². The first-order valence-electron chi connectivity index (χ1n) is 11.5. The summed E-state index contributed by atoms with van der Waals surface area (Å²) in [5.41, 5.74) is -4.75. The highest BCUT2D eigenvalue weighted by Gasteiger charge is 2.73. The Bertz CT molecular complexity index is 1090. The summed E-state index contributed by atoms with van der Waals surface area (Å²) >= 11 is 3.14. The third-order valence-corrected chi connectivity index (χ3v) is 6.76. The number of carbonyl (C=O) groups excluding carboxylic acids is 1. The third-order valence-electron chi connectivity index (χ3n) is 6.28. The molecule has 0 aromatic heterocycles. The minimum Gasteiger partial charge on any atom is -0.365 e. The van der Waals surface area contributed by atoms with Crippen molar-refractivity contribution in [1.82, 2.24) is 4.90 Å². The van der Waals surface area contributed by atoms with E-state index in [0.29, 0.717) is 25.3 Å². The van der Waals surface area contributed by atoms with Crippen molar-refractivity contribution in [3.63, 3.8) is 0 Å². The maximum atomic E-state index is 14.3. The highest BCUT2D eigenvalue weighted by atomic mass is 79.9. The van der Waals surface area contributed by atoms with Crippen molar-refractivity contribution in [1.29, 1.82) is 0 Å². The number of benzene rings is 2. The van der Waals surface area contributed by atoms with Crippen molar-refractivity contribution in [3.05, 3.63) is 71.3 Å². The average molecular weight is 593 g/mol. The van der Waals surface area contributed by atoms with Crippen LogP contribution in [-0.4, -0.2) is 54.2 Å². The summed E-state index contributed by atoms with van der Waals surface area (Å²) in [5, 5.41) is 0.165. The maximum Gasteiger partial charge on any atom is 0.430 e. The Morgan fingerprint density at radius 2 is 1.70 bits per heavy atom. The van der Waals surface area contributed by atoms with Crippen LogP contribution < -0.4 is 4.90 Å². The van der Waals surface area contributed by atoms with Gasteiger partial charge in [0.2, 0.25) is 5.91 Å². The van der Waals surface area contributed by atoms with Gasteiger partial charge in [0.15, 0.2) is 0 Å². The number of rotatable bonds is 7. The van der Waals surface area contributed by atoms with Gasteiger partial charge in [-0.05, 0) is 37.1 Å². The van der Waals surface area contributed by atoms with Crippen LogP contribution in [0.2, 0.25) is 0 Å². The van der Waals surface area contributed by atoms with E-state index in [9.17, 15) is 31.1 Å². The molecule has 3 rings (SSSR count). The van der Waals surface area contributed by atoms with Gasteiger partial charge in [-0.25, -0.2) is 0 Å². The van der Waals surface area contributed by atoms with Gasteiger partial charge in [0, 0.05) is 36.9 Å². The zero-order chi connectivity index (χ0) is 27.4. The highest BCUT2D eigenvalue weighted by Crippen LogP contribution is 2.54. The molecule has 202 valence electrons. The molecule has 1 aliphatic heterocycles. The number of hydrogen-bond acceptors (Lipinski definition) is 3. The van der Waals surface area contributed by atoms with E-state index >= 15 is 0 Å². The van der Waals surface area contributed by atoms with Crippen molar-refractivity contribution in [3.8, 4) is 0 Å². The van der Waals surface area contributed by atoms with Crippen LogP contribution in [-0.2, 0) is 21.7 Å². The fourth-order valence-corrected chi connectivity index (χ4v) is 4.83. The number of allylic oxidation sites excluding steroid dienone is 1. The molecule has 0 spiro atoms. The predicted octanol–water partition coefficient (Wildman–Crippen LogP) is 6.69. The standard InChI is InChI=1S/C26H27BrF6N2O2/c1-3-7-20-14-21(10-11-22(20)35-13-12-34(16-18(35)2)23(36)15-27)24(25(28,29)30,26(31,32)33)37-17-19-8-5-4-6-9-19/h3-11,14,18H,12-13,15-17H2,1-2H3/t18-/m0/s1. The van der Waals surface area contributed by atoms with Gasteiger partial charge < -0.3 is 14.5 Å². The van der Waals surface area contributed by atoms with Crippen LogP contribution in [0.4, 0.5) is 32.0 Å². The van der Waals surface area contributed by atoms with Crippen LogP contribution in [0.3, 0.4) is 0 Å². The largest absolute Gasteiger partial charge is 0.430 e. The predicted molar refractivity (Wildman–Crippen MR) is 133 cm³/mol. The minimum absolute atomic E-state index is 0.0915. The summed E-state index contributed by atoms with van der Waals surface area (Å²) in [6, 6.07) is 10.2. The number of hydrogen-bond donors (Lipinski definition) is 0. The Morgan fingerprint density at radius 3 is 2.24 bits per heavy atom. The first-order valence-corrected chi connectivity index (χ1v) is 12.7. The Balaban J connectivity index is 2.07. The molecule has 0 N–H and O–H groups in total. The molecule has 2 aromatic carbocycles. The lowest BCUT2D eigenvalue weighted by Crippen LogP contribution is -2.56. The molecule has 11 heteroatoms. The number of ether oxygens (including phenoxy) is 1. The Labute approximate surface area is 220 Å². The number of anilines is 1. The normalized spacial score (nSPS) is 17.5. The quantitative estimate of drug-likeness (QED) is 0.265. The fourth-order valence-electron chi connectivity index (χ4n) is 4.48. The lowest BCUT2D eigenvalue weighted by molar-refractivity contribution is -0.392. The van der Waals surface area contributed by atoms with Crippen molar-refractivity contribution < 1.29 is 35.9 Å². The summed E-state index contributed by atoms with van der Waals surface area (Å²) in [5.74, 6) is -0.0915. The van der Waals surface area contributed by atoms with E-state index in [0.717, 1.165) is 12.1 Å². The molecule has 0 saturated carbocycles. The second-order valence-electron chi connectivity index (χ2n) is 8.74. The van der Waals surface area contributed by atoms with E-state index < -0.39 is 30.1 Å². The molecule has 1 heterocycles. The molecule has 1 atom stereocenters. The summed E-state index contributed by atoms with van der Waals surface area (Å²) in [6.45, 7) is 3.70. The molecule has 1 fully saturated rings. The smallest absolute Gasteiger partial charge is 0.365 e. The van der Waals surface area contributed by atoms with E-state index in [1.54, 1.807) is 24.0 Å². The van der Waals surface area contributed by atoms with Crippen LogP contribution in [0.1, 0.15) is 30.5 Å². The van der Waals surface area contributed by atoms with Gasteiger partial charge in [0.25, 0.3) is 5.60 Å². The minimum atomic E-state index is -5.79. The van der Waals surface area contributed by atoms with Gasteiger partial charge in [-0.1, -0.05) is 64.5 Å². The summed E-state index contributed by atoms with van der Waals surface area (Å²) in [4.78, 5) is 15.6. The first kappa shape index (κ1) is 29.0.